The Morgan fingerprint density at radius 2 is 2.00 bits per heavy atom. The molecule has 1 fully saturated rings. The molecule has 5 rings (SSSR count). The summed E-state index contributed by atoms with van der Waals surface area (Å²) in [5.41, 5.74) is 2.08. The van der Waals surface area contributed by atoms with E-state index in [1.165, 1.54) is 24.3 Å². The lowest BCUT2D eigenvalue weighted by molar-refractivity contribution is -0.124. The SMILES string of the molecule is O=C(CC1C(=O)N(CC2CCCO2)c2nc3ccccc3n21)Nc1ccc(F)cc1. The molecule has 2 aliphatic heterocycles. The number of nitrogens with one attached hydrogen (secondary N) is 1. The molecule has 0 bridgehead atoms. The van der Waals surface area contributed by atoms with Crippen LogP contribution in [0, 0.1) is 5.82 Å². The van der Waals surface area contributed by atoms with Gasteiger partial charge in [0.25, 0.3) is 5.91 Å². The molecule has 1 aromatic heterocycles. The van der Waals surface area contributed by atoms with Crippen LogP contribution in [0.25, 0.3) is 11.0 Å². The van der Waals surface area contributed by atoms with Crippen LogP contribution >= 0.6 is 0 Å². The van der Waals surface area contributed by atoms with Gasteiger partial charge in [-0.15, -0.1) is 0 Å². The molecule has 7 nitrogen and oxygen atoms in total. The lowest BCUT2D eigenvalue weighted by Crippen LogP contribution is -2.37. The average Bonchev–Trinajstić information content (AvgIpc) is 3.44. The molecule has 1 saturated heterocycles. The minimum atomic E-state index is -0.686. The average molecular weight is 408 g/mol. The molecule has 30 heavy (non-hydrogen) atoms. The van der Waals surface area contributed by atoms with Crippen LogP contribution in [0.15, 0.2) is 48.5 Å². The number of amides is 2. The number of nitrogens with zero attached hydrogens (tertiary/aromatic N) is 3. The molecular formula is C22H21FN4O3. The van der Waals surface area contributed by atoms with Gasteiger partial charge in [-0.05, 0) is 49.2 Å². The van der Waals surface area contributed by atoms with Gasteiger partial charge in [0, 0.05) is 12.3 Å². The van der Waals surface area contributed by atoms with E-state index in [1.54, 1.807) is 4.90 Å². The second-order valence-electron chi connectivity index (χ2n) is 7.63. The quantitative estimate of drug-likeness (QED) is 0.703. The van der Waals surface area contributed by atoms with Gasteiger partial charge in [-0.1, -0.05) is 12.1 Å². The van der Waals surface area contributed by atoms with Crippen molar-refractivity contribution in [2.24, 2.45) is 0 Å². The predicted molar refractivity (Wildman–Crippen MR) is 110 cm³/mol. The molecule has 2 aliphatic rings. The number of carbonyl (C=O) groups excluding carboxylic acids is 2. The number of rotatable bonds is 5. The summed E-state index contributed by atoms with van der Waals surface area (Å²) in [7, 11) is 0. The van der Waals surface area contributed by atoms with Crippen molar-refractivity contribution in [3.05, 3.63) is 54.3 Å². The molecule has 0 saturated carbocycles. The molecule has 8 heteroatoms. The monoisotopic (exact) mass is 408 g/mol. The molecule has 1 N–H and O–H groups in total. The summed E-state index contributed by atoms with van der Waals surface area (Å²) >= 11 is 0. The third kappa shape index (κ3) is 3.33. The molecule has 0 radical (unpaired) electrons. The first-order chi connectivity index (χ1) is 14.6. The fourth-order valence-corrected chi connectivity index (χ4v) is 4.18. The number of benzene rings is 2. The highest BCUT2D eigenvalue weighted by molar-refractivity contribution is 6.05. The first-order valence-corrected chi connectivity index (χ1v) is 10.1. The zero-order valence-corrected chi connectivity index (χ0v) is 16.3. The van der Waals surface area contributed by atoms with Gasteiger partial charge in [0.15, 0.2) is 0 Å². The molecule has 2 unspecified atom stereocenters. The van der Waals surface area contributed by atoms with Gasteiger partial charge in [0.05, 0.1) is 30.1 Å². The fraction of sp³-hybridized carbons (Fsp3) is 0.318. The maximum absolute atomic E-state index is 13.3. The Bertz CT molecular complexity index is 1110. The van der Waals surface area contributed by atoms with E-state index < -0.39 is 6.04 Å². The van der Waals surface area contributed by atoms with E-state index in [4.69, 9.17) is 4.74 Å². The summed E-state index contributed by atoms with van der Waals surface area (Å²) in [5, 5.41) is 2.74. The number of halogens is 1. The molecule has 2 amide bonds. The number of hydrogen-bond acceptors (Lipinski definition) is 4. The van der Waals surface area contributed by atoms with Crippen LogP contribution in [-0.4, -0.2) is 40.6 Å². The van der Waals surface area contributed by atoms with Crippen LogP contribution in [0.5, 0.6) is 0 Å². The molecule has 2 atom stereocenters. The number of hydrogen-bond donors (Lipinski definition) is 1. The van der Waals surface area contributed by atoms with Crippen LogP contribution in [0.3, 0.4) is 0 Å². The molecule has 154 valence electrons. The Labute approximate surface area is 172 Å². The molecule has 3 heterocycles. The van der Waals surface area contributed by atoms with Gasteiger partial charge in [0.2, 0.25) is 11.9 Å². The van der Waals surface area contributed by atoms with Gasteiger partial charge in [-0.2, -0.15) is 0 Å². The zero-order chi connectivity index (χ0) is 20.7. The van der Waals surface area contributed by atoms with E-state index in [0.29, 0.717) is 24.8 Å². The van der Waals surface area contributed by atoms with Crippen molar-refractivity contribution >= 4 is 34.5 Å². The number of anilines is 2. The van der Waals surface area contributed by atoms with Crippen molar-refractivity contribution < 1.29 is 18.7 Å². The summed E-state index contributed by atoms with van der Waals surface area (Å²) in [6, 6.07) is 12.4. The first kappa shape index (κ1) is 18.7. The molecule has 3 aromatic rings. The topological polar surface area (TPSA) is 76.5 Å². The Hall–Kier alpha value is -3.26. The highest BCUT2D eigenvalue weighted by atomic mass is 19.1. The van der Waals surface area contributed by atoms with Crippen LogP contribution < -0.4 is 10.2 Å². The molecule has 0 spiro atoms. The van der Waals surface area contributed by atoms with Gasteiger partial charge < -0.3 is 10.1 Å². The second-order valence-corrected chi connectivity index (χ2v) is 7.63. The van der Waals surface area contributed by atoms with Gasteiger partial charge in [-0.3, -0.25) is 19.1 Å². The molecule has 0 aliphatic carbocycles. The van der Waals surface area contributed by atoms with E-state index in [-0.39, 0.29) is 30.2 Å². The Morgan fingerprint density at radius 1 is 1.20 bits per heavy atom. The van der Waals surface area contributed by atoms with Crippen molar-refractivity contribution in [1.29, 1.82) is 0 Å². The van der Waals surface area contributed by atoms with Gasteiger partial charge >= 0.3 is 0 Å². The maximum atomic E-state index is 13.3. The van der Waals surface area contributed by atoms with Crippen molar-refractivity contribution in [2.75, 3.05) is 23.4 Å². The Kier molecular flexibility index (Phi) is 4.71. The van der Waals surface area contributed by atoms with E-state index in [2.05, 4.69) is 10.3 Å². The van der Waals surface area contributed by atoms with E-state index in [9.17, 15) is 14.0 Å². The summed E-state index contributed by atoms with van der Waals surface area (Å²) < 4.78 is 20.7. The normalized spacial score (nSPS) is 20.7. The van der Waals surface area contributed by atoms with Crippen molar-refractivity contribution in [2.45, 2.75) is 31.4 Å². The standard InChI is InChI=1S/C22H21FN4O3/c23-14-7-9-15(10-8-14)24-20(28)12-19-21(29)26(13-16-4-3-11-30-16)22-25-17-5-1-2-6-18(17)27(19)22/h1-2,5-10,16,19H,3-4,11-13H2,(H,24,28). The van der Waals surface area contributed by atoms with Crippen LogP contribution in [0.2, 0.25) is 0 Å². The number of carbonyl (C=O) groups is 2. The van der Waals surface area contributed by atoms with Crippen molar-refractivity contribution in [3.8, 4) is 0 Å². The molecular weight excluding hydrogens is 387 g/mol. The lowest BCUT2D eigenvalue weighted by Gasteiger charge is -2.19. The first-order valence-electron chi connectivity index (χ1n) is 10.1. The van der Waals surface area contributed by atoms with E-state index >= 15 is 0 Å². The second kappa shape index (κ2) is 7.53. The highest BCUT2D eigenvalue weighted by Gasteiger charge is 2.42. The third-order valence-corrected chi connectivity index (χ3v) is 5.60. The van der Waals surface area contributed by atoms with Crippen LogP contribution in [-0.2, 0) is 14.3 Å². The largest absolute Gasteiger partial charge is 0.376 e. The van der Waals surface area contributed by atoms with Gasteiger partial charge in [0.1, 0.15) is 11.9 Å². The van der Waals surface area contributed by atoms with Crippen LogP contribution in [0.1, 0.15) is 25.3 Å². The predicted octanol–water partition coefficient (Wildman–Crippen LogP) is 3.27. The number of aromatic nitrogens is 2. The molecule has 2 aromatic carbocycles. The lowest BCUT2D eigenvalue weighted by atomic mass is 10.1. The maximum Gasteiger partial charge on any atom is 0.253 e. The Morgan fingerprint density at radius 3 is 2.77 bits per heavy atom. The number of fused-ring (bicyclic) bond motifs is 3. The van der Waals surface area contributed by atoms with Gasteiger partial charge in [-0.25, -0.2) is 9.37 Å². The zero-order valence-electron chi connectivity index (χ0n) is 16.3. The highest BCUT2D eigenvalue weighted by Crippen LogP contribution is 2.37. The van der Waals surface area contributed by atoms with Crippen LogP contribution in [0.4, 0.5) is 16.0 Å². The summed E-state index contributed by atoms with van der Waals surface area (Å²) in [5.74, 6) is -0.301. The summed E-state index contributed by atoms with van der Waals surface area (Å²) in [4.78, 5) is 32.3. The fourth-order valence-electron chi connectivity index (χ4n) is 4.18. The minimum absolute atomic E-state index is 0.0194. The summed E-state index contributed by atoms with van der Waals surface area (Å²) in [6.07, 6.45) is 1.83. The summed E-state index contributed by atoms with van der Waals surface area (Å²) in [6.45, 7) is 1.13. The number of ether oxygens (including phenoxy) is 1. The van der Waals surface area contributed by atoms with E-state index in [1.807, 2.05) is 28.8 Å². The smallest absolute Gasteiger partial charge is 0.253 e. The van der Waals surface area contributed by atoms with E-state index in [0.717, 1.165) is 23.9 Å². The Balaban J connectivity index is 1.43. The third-order valence-electron chi connectivity index (χ3n) is 5.60. The minimum Gasteiger partial charge on any atom is -0.376 e. The van der Waals surface area contributed by atoms with Crippen molar-refractivity contribution in [1.82, 2.24) is 9.55 Å². The number of imidazole rings is 1. The number of para-hydroxylation sites is 2. The van der Waals surface area contributed by atoms with Crippen molar-refractivity contribution in [3.63, 3.8) is 0 Å².